The van der Waals surface area contributed by atoms with Gasteiger partial charge in [0.1, 0.15) is 17.5 Å². The van der Waals surface area contributed by atoms with Crippen LogP contribution in [-0.2, 0) is 22.6 Å². The van der Waals surface area contributed by atoms with Crippen LogP contribution >= 0.6 is 11.3 Å². The van der Waals surface area contributed by atoms with Gasteiger partial charge >= 0.3 is 0 Å². The average Bonchev–Trinajstić information content (AvgIpc) is 3.38. The van der Waals surface area contributed by atoms with E-state index in [9.17, 15) is 14.7 Å². The maximum atomic E-state index is 13.8. The third-order valence-corrected chi connectivity index (χ3v) is 7.36. The van der Waals surface area contributed by atoms with Crippen LogP contribution in [0.3, 0.4) is 0 Å². The van der Waals surface area contributed by atoms with Crippen molar-refractivity contribution >= 4 is 23.2 Å². The molecule has 6 nitrogen and oxygen atoms in total. The first-order valence-corrected chi connectivity index (χ1v) is 13.0. The molecule has 0 unspecified atom stereocenters. The van der Waals surface area contributed by atoms with Gasteiger partial charge in [0.15, 0.2) is 0 Å². The van der Waals surface area contributed by atoms with Gasteiger partial charge in [-0.25, -0.2) is 0 Å². The Hall–Kier alpha value is -3.32. The molecule has 0 radical (unpaired) electrons. The van der Waals surface area contributed by atoms with Crippen LogP contribution in [0.2, 0.25) is 0 Å². The lowest BCUT2D eigenvalue weighted by atomic mass is 9.94. The topological polar surface area (TPSA) is 78.9 Å². The number of hydrogen-bond acceptors (Lipinski definition) is 5. The molecule has 1 fully saturated rings. The number of ether oxygens (including phenoxy) is 1. The Morgan fingerprint density at radius 3 is 2.49 bits per heavy atom. The van der Waals surface area contributed by atoms with Crippen LogP contribution in [0.4, 0.5) is 0 Å². The second-order valence-electron chi connectivity index (χ2n) is 8.93. The molecule has 4 rings (SSSR count). The second-order valence-corrected chi connectivity index (χ2v) is 9.96. The first kappa shape index (κ1) is 24.8. The number of benzene rings is 2. The van der Waals surface area contributed by atoms with E-state index in [1.165, 1.54) is 17.8 Å². The molecule has 1 aliphatic carbocycles. The summed E-state index contributed by atoms with van der Waals surface area (Å²) in [6.07, 6.45) is 5.48. The van der Waals surface area contributed by atoms with Crippen LogP contribution in [-0.4, -0.2) is 35.0 Å². The van der Waals surface area contributed by atoms with E-state index < -0.39 is 6.04 Å². The van der Waals surface area contributed by atoms with Gasteiger partial charge in [0, 0.05) is 16.5 Å². The van der Waals surface area contributed by atoms with Crippen molar-refractivity contribution in [1.82, 2.24) is 10.2 Å². The first-order chi connectivity index (χ1) is 17.0. The summed E-state index contributed by atoms with van der Waals surface area (Å²) in [5.74, 6) is 0.437. The van der Waals surface area contributed by atoms with Crippen molar-refractivity contribution in [3.05, 3.63) is 82.0 Å². The van der Waals surface area contributed by atoms with E-state index in [4.69, 9.17) is 4.74 Å². The number of para-hydroxylation sites is 1. The molecule has 1 atom stereocenters. The highest BCUT2D eigenvalue weighted by Gasteiger charge is 2.33. The minimum Gasteiger partial charge on any atom is -0.508 e. The molecular formula is C28H32N2O4S. The zero-order valence-corrected chi connectivity index (χ0v) is 20.8. The number of hydrogen-bond donors (Lipinski definition) is 2. The third-order valence-electron chi connectivity index (χ3n) is 6.48. The summed E-state index contributed by atoms with van der Waals surface area (Å²) in [6.45, 7) is 0.220. The lowest BCUT2D eigenvalue weighted by Crippen LogP contribution is -2.47. The van der Waals surface area contributed by atoms with Crippen molar-refractivity contribution in [3.63, 3.8) is 0 Å². The first-order valence-electron chi connectivity index (χ1n) is 12.1. The zero-order chi connectivity index (χ0) is 24.6. The van der Waals surface area contributed by atoms with Crippen molar-refractivity contribution in [2.45, 2.75) is 57.2 Å². The van der Waals surface area contributed by atoms with Gasteiger partial charge < -0.3 is 20.1 Å². The highest BCUT2D eigenvalue weighted by Crippen LogP contribution is 2.30. The van der Waals surface area contributed by atoms with Gasteiger partial charge in [-0.2, -0.15) is 0 Å². The number of carbonyl (C=O) groups is 2. The Morgan fingerprint density at radius 2 is 1.80 bits per heavy atom. The largest absolute Gasteiger partial charge is 0.508 e. The third kappa shape index (κ3) is 6.42. The molecular weight excluding hydrogens is 460 g/mol. The number of nitrogens with one attached hydrogen (secondary N) is 1. The van der Waals surface area contributed by atoms with Gasteiger partial charge in [-0.1, -0.05) is 55.7 Å². The minimum atomic E-state index is -0.838. The number of thiophene rings is 1. The predicted octanol–water partition coefficient (Wildman–Crippen LogP) is 5.22. The number of phenols is 1. The van der Waals surface area contributed by atoms with Crippen LogP contribution < -0.4 is 10.1 Å². The lowest BCUT2D eigenvalue weighted by Gasteiger charge is -2.34. The van der Waals surface area contributed by atoms with Crippen molar-refractivity contribution in [2.75, 3.05) is 7.11 Å². The SMILES string of the molecule is COc1ccccc1CN(C(=O)Cc1cccs1)[C@@H](C(=O)NC1CCCCC1)c1ccc(O)cc1. The molecule has 1 aliphatic rings. The second kappa shape index (κ2) is 11.9. The van der Waals surface area contributed by atoms with E-state index in [1.807, 2.05) is 41.8 Å². The normalized spacial score (nSPS) is 14.8. The summed E-state index contributed by atoms with van der Waals surface area (Å²) in [6, 6.07) is 17.2. The van der Waals surface area contributed by atoms with E-state index in [-0.39, 0.29) is 36.6 Å². The van der Waals surface area contributed by atoms with Gasteiger partial charge in [0.05, 0.1) is 20.1 Å². The molecule has 0 aliphatic heterocycles. The number of phenolic OH excluding ortho intramolecular Hbond substituents is 1. The summed E-state index contributed by atoms with van der Waals surface area (Å²) in [4.78, 5) is 30.1. The van der Waals surface area contributed by atoms with Crippen LogP contribution in [0, 0.1) is 0 Å². The van der Waals surface area contributed by atoms with Crippen LogP contribution in [0.5, 0.6) is 11.5 Å². The summed E-state index contributed by atoms with van der Waals surface area (Å²) >= 11 is 1.52. The molecule has 0 spiro atoms. The average molecular weight is 493 g/mol. The summed E-state index contributed by atoms with van der Waals surface area (Å²) in [7, 11) is 1.60. The Balaban J connectivity index is 1.71. The Labute approximate surface area is 210 Å². The molecule has 2 amide bonds. The molecule has 35 heavy (non-hydrogen) atoms. The highest BCUT2D eigenvalue weighted by atomic mass is 32.1. The predicted molar refractivity (Wildman–Crippen MR) is 137 cm³/mol. The van der Waals surface area contributed by atoms with Crippen molar-refractivity contribution in [1.29, 1.82) is 0 Å². The maximum absolute atomic E-state index is 13.8. The van der Waals surface area contributed by atoms with Gasteiger partial charge in [0.25, 0.3) is 0 Å². The van der Waals surface area contributed by atoms with E-state index in [1.54, 1.807) is 36.3 Å². The van der Waals surface area contributed by atoms with Crippen molar-refractivity contribution in [2.24, 2.45) is 0 Å². The zero-order valence-electron chi connectivity index (χ0n) is 20.0. The summed E-state index contributed by atoms with van der Waals surface area (Å²) in [5, 5.41) is 15.0. The Kier molecular flexibility index (Phi) is 8.42. The van der Waals surface area contributed by atoms with E-state index in [0.29, 0.717) is 11.3 Å². The fourth-order valence-corrected chi connectivity index (χ4v) is 5.36. The number of aromatic hydroxyl groups is 1. The molecule has 7 heteroatoms. The molecule has 0 saturated heterocycles. The Bertz CT molecular complexity index is 1110. The van der Waals surface area contributed by atoms with Crippen LogP contribution in [0.15, 0.2) is 66.0 Å². The minimum absolute atomic E-state index is 0.108. The fraction of sp³-hybridized carbons (Fsp3) is 0.357. The van der Waals surface area contributed by atoms with Gasteiger partial charge in [-0.15, -0.1) is 11.3 Å². The number of rotatable bonds is 9. The highest BCUT2D eigenvalue weighted by molar-refractivity contribution is 7.10. The maximum Gasteiger partial charge on any atom is 0.247 e. The number of amides is 2. The van der Waals surface area contributed by atoms with Gasteiger partial charge in [-0.3, -0.25) is 9.59 Å². The molecule has 1 aromatic heterocycles. The van der Waals surface area contributed by atoms with Gasteiger partial charge in [0.2, 0.25) is 11.8 Å². The monoisotopic (exact) mass is 492 g/mol. The van der Waals surface area contributed by atoms with Gasteiger partial charge in [-0.05, 0) is 48.1 Å². The molecule has 1 heterocycles. The molecule has 3 aromatic rings. The number of nitrogens with zero attached hydrogens (tertiary/aromatic N) is 1. The standard InChI is InChI=1S/C28H32N2O4S/c1-34-25-12-6-5-8-21(25)19-30(26(32)18-24-11-7-17-35-24)27(20-13-15-23(31)16-14-20)28(33)29-22-9-3-2-4-10-22/h5-8,11-17,22,27,31H,2-4,9-10,18-19H2,1H3,(H,29,33)/t27-/m1/s1. The summed E-state index contributed by atoms with van der Waals surface area (Å²) in [5.41, 5.74) is 1.48. The fourth-order valence-electron chi connectivity index (χ4n) is 4.66. The smallest absolute Gasteiger partial charge is 0.247 e. The quantitative estimate of drug-likeness (QED) is 0.429. The van der Waals surface area contributed by atoms with E-state index in [0.717, 1.165) is 36.1 Å². The van der Waals surface area contributed by atoms with Crippen LogP contribution in [0.1, 0.15) is 54.1 Å². The molecule has 0 bridgehead atoms. The van der Waals surface area contributed by atoms with Crippen molar-refractivity contribution < 1.29 is 19.4 Å². The molecule has 2 aromatic carbocycles. The Morgan fingerprint density at radius 1 is 1.06 bits per heavy atom. The number of methoxy groups -OCH3 is 1. The molecule has 2 N–H and O–H groups in total. The lowest BCUT2D eigenvalue weighted by molar-refractivity contribution is -0.141. The van der Waals surface area contributed by atoms with Crippen LogP contribution in [0.25, 0.3) is 0 Å². The van der Waals surface area contributed by atoms with E-state index >= 15 is 0 Å². The number of carbonyl (C=O) groups excluding carboxylic acids is 2. The van der Waals surface area contributed by atoms with E-state index in [2.05, 4.69) is 5.32 Å². The summed E-state index contributed by atoms with van der Waals surface area (Å²) < 4.78 is 5.55. The van der Waals surface area contributed by atoms with Crippen molar-refractivity contribution in [3.8, 4) is 11.5 Å². The molecule has 1 saturated carbocycles. The molecule has 184 valence electrons.